The number of esters is 1. The maximum Gasteiger partial charge on any atom is 0.306 e. The van der Waals surface area contributed by atoms with Gasteiger partial charge in [0, 0.05) is 12.0 Å². The van der Waals surface area contributed by atoms with Crippen molar-refractivity contribution in [1.82, 2.24) is 0 Å². The lowest BCUT2D eigenvalue weighted by Gasteiger charge is -2.22. The molecule has 2 saturated carbocycles. The molecular formula is C22H30O3. The summed E-state index contributed by atoms with van der Waals surface area (Å²) in [5.74, 6) is 0.977. The van der Waals surface area contributed by atoms with Crippen LogP contribution >= 0.6 is 0 Å². The molecule has 2 aliphatic carbocycles. The highest BCUT2D eigenvalue weighted by molar-refractivity contribution is 5.97. The van der Waals surface area contributed by atoms with Crippen molar-refractivity contribution >= 4 is 11.8 Å². The van der Waals surface area contributed by atoms with Gasteiger partial charge in [-0.05, 0) is 36.7 Å². The van der Waals surface area contributed by atoms with Crippen LogP contribution in [0.4, 0.5) is 0 Å². The summed E-state index contributed by atoms with van der Waals surface area (Å²) in [4.78, 5) is 24.0. The van der Waals surface area contributed by atoms with Crippen molar-refractivity contribution in [1.29, 1.82) is 0 Å². The second-order valence-electron chi connectivity index (χ2n) is 7.73. The van der Waals surface area contributed by atoms with Gasteiger partial charge in [0.25, 0.3) is 0 Å². The van der Waals surface area contributed by atoms with Crippen LogP contribution in [0.2, 0.25) is 0 Å². The van der Waals surface area contributed by atoms with Crippen molar-refractivity contribution in [3.05, 3.63) is 35.4 Å². The monoisotopic (exact) mass is 342 g/mol. The molecule has 0 radical (unpaired) electrons. The third-order valence-electron chi connectivity index (χ3n) is 5.90. The zero-order valence-corrected chi connectivity index (χ0v) is 15.2. The lowest BCUT2D eigenvalue weighted by atomic mass is 9.84. The molecule has 0 heterocycles. The van der Waals surface area contributed by atoms with Crippen LogP contribution in [0.3, 0.4) is 0 Å². The summed E-state index contributed by atoms with van der Waals surface area (Å²) in [6.07, 6.45) is 12.9. The highest BCUT2D eigenvalue weighted by atomic mass is 16.5. The number of hydrogen-bond donors (Lipinski definition) is 0. The molecule has 2 fully saturated rings. The van der Waals surface area contributed by atoms with Crippen LogP contribution in [0, 0.1) is 5.92 Å². The van der Waals surface area contributed by atoms with Crippen LogP contribution in [-0.2, 0) is 9.53 Å². The molecule has 3 rings (SSSR count). The van der Waals surface area contributed by atoms with Gasteiger partial charge in [-0.1, -0.05) is 69.2 Å². The van der Waals surface area contributed by atoms with Gasteiger partial charge in [-0.2, -0.15) is 0 Å². The Labute approximate surface area is 151 Å². The lowest BCUT2D eigenvalue weighted by molar-refractivity contribution is -0.142. The summed E-state index contributed by atoms with van der Waals surface area (Å²) in [5, 5.41) is 0. The molecule has 1 aromatic rings. The van der Waals surface area contributed by atoms with Gasteiger partial charge in [-0.25, -0.2) is 0 Å². The second kappa shape index (κ2) is 9.17. The van der Waals surface area contributed by atoms with Crippen LogP contribution < -0.4 is 0 Å². The zero-order valence-electron chi connectivity index (χ0n) is 15.2. The minimum Gasteiger partial charge on any atom is -0.457 e. The topological polar surface area (TPSA) is 43.4 Å². The van der Waals surface area contributed by atoms with Crippen molar-refractivity contribution in [2.45, 2.75) is 76.5 Å². The van der Waals surface area contributed by atoms with E-state index in [-0.39, 0.29) is 18.4 Å². The van der Waals surface area contributed by atoms with E-state index in [0.29, 0.717) is 23.8 Å². The number of rotatable bonds is 7. The first-order valence-corrected chi connectivity index (χ1v) is 10.0. The largest absolute Gasteiger partial charge is 0.457 e. The molecule has 0 unspecified atom stereocenters. The van der Waals surface area contributed by atoms with Gasteiger partial charge in [0.05, 0.1) is 0 Å². The van der Waals surface area contributed by atoms with E-state index >= 15 is 0 Å². The number of carbonyl (C=O) groups excluding carboxylic acids is 2. The molecule has 3 nitrogen and oxygen atoms in total. The van der Waals surface area contributed by atoms with Gasteiger partial charge in [-0.3, -0.25) is 9.59 Å². The molecule has 0 aromatic heterocycles. The summed E-state index contributed by atoms with van der Waals surface area (Å²) >= 11 is 0. The van der Waals surface area contributed by atoms with E-state index in [2.05, 4.69) is 12.1 Å². The first kappa shape index (κ1) is 18.2. The quantitative estimate of drug-likeness (QED) is 0.490. The summed E-state index contributed by atoms with van der Waals surface area (Å²) in [6.45, 7) is -0.133. The summed E-state index contributed by atoms with van der Waals surface area (Å²) in [5.41, 5.74) is 1.98. The molecule has 136 valence electrons. The summed E-state index contributed by atoms with van der Waals surface area (Å²) in [6, 6.07) is 7.92. The van der Waals surface area contributed by atoms with Gasteiger partial charge < -0.3 is 4.74 Å². The molecule has 1 aromatic carbocycles. The zero-order chi connectivity index (χ0) is 17.5. The van der Waals surface area contributed by atoms with Crippen LogP contribution in [0.25, 0.3) is 0 Å². The molecular weight excluding hydrogens is 312 g/mol. The standard InChI is InChI=1S/C22H30O3/c23-21(16-25-22(24)15-10-17-6-4-5-7-17)20-13-11-19(12-14-20)18-8-2-1-3-9-18/h11-14,17-18H,1-10,15-16H2. The van der Waals surface area contributed by atoms with E-state index in [1.807, 2.05) is 12.1 Å². The van der Waals surface area contributed by atoms with E-state index < -0.39 is 0 Å². The first-order chi connectivity index (χ1) is 12.2. The molecule has 0 bridgehead atoms. The Morgan fingerprint density at radius 3 is 2.20 bits per heavy atom. The van der Waals surface area contributed by atoms with E-state index in [0.717, 1.165) is 6.42 Å². The Morgan fingerprint density at radius 2 is 1.52 bits per heavy atom. The van der Waals surface area contributed by atoms with Crippen LogP contribution in [0.15, 0.2) is 24.3 Å². The normalized spacial score (nSPS) is 19.0. The van der Waals surface area contributed by atoms with Crippen molar-refractivity contribution in [3.63, 3.8) is 0 Å². The smallest absolute Gasteiger partial charge is 0.306 e. The first-order valence-electron chi connectivity index (χ1n) is 10.0. The van der Waals surface area contributed by atoms with E-state index in [9.17, 15) is 9.59 Å². The maximum absolute atomic E-state index is 12.2. The molecule has 3 heteroatoms. The Hall–Kier alpha value is -1.64. The van der Waals surface area contributed by atoms with Crippen molar-refractivity contribution in [2.75, 3.05) is 6.61 Å². The van der Waals surface area contributed by atoms with E-state index in [1.165, 1.54) is 63.4 Å². The van der Waals surface area contributed by atoms with Gasteiger partial charge in [-0.15, -0.1) is 0 Å². The van der Waals surface area contributed by atoms with E-state index in [4.69, 9.17) is 4.74 Å². The average Bonchev–Trinajstić information content (AvgIpc) is 3.19. The molecule has 0 amide bonds. The van der Waals surface area contributed by atoms with Gasteiger partial charge in [0.15, 0.2) is 12.4 Å². The molecule has 0 spiro atoms. The predicted octanol–water partition coefficient (Wildman–Crippen LogP) is 5.43. The van der Waals surface area contributed by atoms with Gasteiger partial charge in [0.2, 0.25) is 0 Å². The fourth-order valence-electron chi connectivity index (χ4n) is 4.30. The Morgan fingerprint density at radius 1 is 0.880 bits per heavy atom. The molecule has 0 saturated heterocycles. The third-order valence-corrected chi connectivity index (χ3v) is 5.90. The van der Waals surface area contributed by atoms with Crippen molar-refractivity contribution in [2.24, 2.45) is 5.92 Å². The molecule has 0 N–H and O–H groups in total. The van der Waals surface area contributed by atoms with Crippen LogP contribution in [0.5, 0.6) is 0 Å². The maximum atomic E-state index is 12.2. The number of ketones is 1. The summed E-state index contributed by atoms with van der Waals surface area (Å²) < 4.78 is 5.18. The molecule has 2 aliphatic rings. The number of ether oxygens (including phenoxy) is 1. The average molecular weight is 342 g/mol. The number of hydrogen-bond acceptors (Lipinski definition) is 3. The SMILES string of the molecule is O=C(CCC1CCCC1)OCC(=O)c1ccc(C2CCCCC2)cc1. The Balaban J connectivity index is 1.42. The van der Waals surface area contributed by atoms with E-state index in [1.54, 1.807) is 0 Å². The van der Waals surface area contributed by atoms with Crippen LogP contribution in [-0.4, -0.2) is 18.4 Å². The number of benzene rings is 1. The minimum atomic E-state index is -0.237. The fourth-order valence-corrected chi connectivity index (χ4v) is 4.30. The predicted molar refractivity (Wildman–Crippen MR) is 98.7 cm³/mol. The Bertz CT molecular complexity index is 563. The second-order valence-corrected chi connectivity index (χ2v) is 7.73. The minimum absolute atomic E-state index is 0.107. The van der Waals surface area contributed by atoms with Crippen molar-refractivity contribution < 1.29 is 14.3 Å². The fraction of sp³-hybridized carbons (Fsp3) is 0.636. The number of Topliss-reactive ketones (excluding diaryl/α,β-unsaturated/α-hetero) is 1. The molecule has 0 aliphatic heterocycles. The van der Waals surface area contributed by atoms with Crippen LogP contribution in [0.1, 0.15) is 92.5 Å². The van der Waals surface area contributed by atoms with Gasteiger partial charge >= 0.3 is 5.97 Å². The summed E-state index contributed by atoms with van der Waals surface area (Å²) in [7, 11) is 0. The highest BCUT2D eigenvalue weighted by Gasteiger charge is 2.18. The third kappa shape index (κ3) is 5.42. The lowest BCUT2D eigenvalue weighted by Crippen LogP contribution is -2.15. The molecule has 0 atom stereocenters. The number of carbonyl (C=O) groups is 2. The highest BCUT2D eigenvalue weighted by Crippen LogP contribution is 2.32. The molecule has 25 heavy (non-hydrogen) atoms. The Kier molecular flexibility index (Phi) is 6.66. The van der Waals surface area contributed by atoms with Crippen molar-refractivity contribution in [3.8, 4) is 0 Å². The van der Waals surface area contributed by atoms with Gasteiger partial charge in [0.1, 0.15) is 0 Å².